The van der Waals surface area contributed by atoms with E-state index in [0.717, 1.165) is 0 Å². The fourth-order valence-corrected chi connectivity index (χ4v) is 2.34. The Morgan fingerprint density at radius 2 is 2.19 bits per heavy atom. The summed E-state index contributed by atoms with van der Waals surface area (Å²) in [6.07, 6.45) is 1.63. The highest BCUT2D eigenvalue weighted by atomic mass is 35.6. The lowest BCUT2D eigenvalue weighted by Crippen LogP contribution is -2.40. The Morgan fingerprint density at radius 1 is 1.50 bits per heavy atom. The number of pyridine rings is 1. The molecule has 0 aromatic carbocycles. The van der Waals surface area contributed by atoms with Crippen molar-refractivity contribution in [3.05, 3.63) is 24.4 Å². The quantitative estimate of drug-likeness (QED) is 0.530. The number of carbonyl (C=O) groups is 1. The van der Waals surface area contributed by atoms with Crippen LogP contribution in [0.4, 0.5) is 0 Å². The summed E-state index contributed by atoms with van der Waals surface area (Å²) in [5, 5.41) is 2.55. The highest BCUT2D eigenvalue weighted by Gasteiger charge is 2.34. The molecule has 1 atom stereocenters. The van der Waals surface area contributed by atoms with E-state index < -0.39 is 9.17 Å². The number of nitrogens with one attached hydrogen (secondary N) is 1. The Bertz CT molecular complexity index is 356. The fourth-order valence-electron chi connectivity index (χ4n) is 0.900. The lowest BCUT2D eigenvalue weighted by Gasteiger charge is -2.23. The standard InChI is InChI=1S/C9H9Cl3N2OS/c1-6(15)14-8(9(10,11)12)16-7-4-2-3-5-13-7/h2-5,8H,1H3,(H,14,15). The Labute approximate surface area is 113 Å². The topological polar surface area (TPSA) is 42.0 Å². The monoisotopic (exact) mass is 298 g/mol. The van der Waals surface area contributed by atoms with Crippen molar-refractivity contribution in [1.29, 1.82) is 0 Å². The first-order valence-electron chi connectivity index (χ1n) is 4.31. The molecule has 88 valence electrons. The van der Waals surface area contributed by atoms with Crippen LogP contribution in [0.1, 0.15) is 6.92 Å². The van der Waals surface area contributed by atoms with Crippen LogP contribution in [0.15, 0.2) is 29.4 Å². The molecule has 0 bridgehead atoms. The van der Waals surface area contributed by atoms with Crippen molar-refractivity contribution < 1.29 is 4.79 Å². The van der Waals surface area contributed by atoms with E-state index in [9.17, 15) is 4.79 Å². The van der Waals surface area contributed by atoms with Gasteiger partial charge in [0.25, 0.3) is 0 Å². The van der Waals surface area contributed by atoms with Gasteiger partial charge in [0, 0.05) is 13.1 Å². The van der Waals surface area contributed by atoms with Crippen LogP contribution in [-0.2, 0) is 4.79 Å². The molecule has 0 aliphatic heterocycles. The van der Waals surface area contributed by atoms with Gasteiger partial charge in [0.15, 0.2) is 0 Å². The van der Waals surface area contributed by atoms with Crippen LogP contribution in [-0.4, -0.2) is 20.1 Å². The Kier molecular flexibility index (Phi) is 5.18. The van der Waals surface area contributed by atoms with E-state index in [1.807, 2.05) is 6.07 Å². The van der Waals surface area contributed by atoms with E-state index in [1.54, 1.807) is 18.3 Å². The number of amides is 1. The number of hydrogen-bond donors (Lipinski definition) is 1. The first-order valence-corrected chi connectivity index (χ1v) is 6.32. The molecule has 3 nitrogen and oxygen atoms in total. The molecule has 7 heteroatoms. The zero-order chi connectivity index (χ0) is 12.2. The zero-order valence-corrected chi connectivity index (χ0v) is 11.4. The highest BCUT2D eigenvalue weighted by Crippen LogP contribution is 2.38. The molecule has 1 aromatic heterocycles. The lowest BCUT2D eigenvalue weighted by molar-refractivity contribution is -0.119. The van der Waals surface area contributed by atoms with Crippen molar-refractivity contribution in [1.82, 2.24) is 10.3 Å². The average molecular weight is 300 g/mol. The summed E-state index contributed by atoms with van der Waals surface area (Å²) >= 11 is 18.5. The molecule has 0 saturated heterocycles. The van der Waals surface area contributed by atoms with Crippen LogP contribution in [0.3, 0.4) is 0 Å². The van der Waals surface area contributed by atoms with Crippen LogP contribution in [0.5, 0.6) is 0 Å². The second kappa shape index (κ2) is 5.96. The van der Waals surface area contributed by atoms with Gasteiger partial charge in [-0.15, -0.1) is 0 Å². The minimum Gasteiger partial charge on any atom is -0.340 e. The third kappa shape index (κ3) is 4.78. The molecule has 0 fully saturated rings. The molecule has 0 aliphatic rings. The first-order chi connectivity index (χ1) is 7.39. The molecule has 1 aromatic rings. The van der Waals surface area contributed by atoms with Crippen molar-refractivity contribution in [2.75, 3.05) is 0 Å². The summed E-state index contributed by atoms with van der Waals surface area (Å²) in [6.45, 7) is 1.36. The van der Waals surface area contributed by atoms with E-state index in [-0.39, 0.29) is 5.91 Å². The van der Waals surface area contributed by atoms with Crippen molar-refractivity contribution >= 4 is 52.5 Å². The fraction of sp³-hybridized carbons (Fsp3) is 0.333. The van der Waals surface area contributed by atoms with Gasteiger partial charge in [0.05, 0.1) is 5.03 Å². The number of rotatable bonds is 3. The molecule has 1 N–H and O–H groups in total. The van der Waals surface area contributed by atoms with Crippen LogP contribution in [0, 0.1) is 0 Å². The summed E-state index contributed by atoms with van der Waals surface area (Å²) in [5.41, 5.74) is 0. The SMILES string of the molecule is CC(=O)NC(Sc1ccccn1)C(Cl)(Cl)Cl. The summed E-state index contributed by atoms with van der Waals surface area (Å²) in [7, 11) is 0. The van der Waals surface area contributed by atoms with Crippen LogP contribution in [0.2, 0.25) is 0 Å². The van der Waals surface area contributed by atoms with E-state index in [2.05, 4.69) is 10.3 Å². The number of carbonyl (C=O) groups excluding carboxylic acids is 1. The third-order valence-electron chi connectivity index (χ3n) is 1.51. The summed E-state index contributed by atoms with van der Waals surface area (Å²) in [6, 6.07) is 5.38. The largest absolute Gasteiger partial charge is 0.340 e. The maximum atomic E-state index is 11.0. The predicted octanol–water partition coefficient (Wildman–Crippen LogP) is 3.01. The summed E-state index contributed by atoms with van der Waals surface area (Å²) in [5.74, 6) is -0.264. The second-order valence-corrected chi connectivity index (χ2v) is 6.40. The molecule has 0 aliphatic carbocycles. The van der Waals surface area contributed by atoms with Crippen molar-refractivity contribution in [2.24, 2.45) is 0 Å². The first kappa shape index (κ1) is 13.9. The number of alkyl halides is 3. The molecular weight excluding hydrogens is 291 g/mol. The van der Waals surface area contributed by atoms with Gasteiger partial charge >= 0.3 is 0 Å². The average Bonchev–Trinajstić information content (AvgIpc) is 2.16. The highest BCUT2D eigenvalue weighted by molar-refractivity contribution is 8.00. The maximum absolute atomic E-state index is 11.0. The van der Waals surface area contributed by atoms with Gasteiger partial charge in [0.1, 0.15) is 5.37 Å². The molecule has 16 heavy (non-hydrogen) atoms. The van der Waals surface area contributed by atoms with Crippen molar-refractivity contribution in [3.8, 4) is 0 Å². The predicted molar refractivity (Wildman–Crippen MR) is 68.0 cm³/mol. The molecule has 0 saturated carbocycles. The van der Waals surface area contributed by atoms with Gasteiger partial charge in [-0.3, -0.25) is 4.79 Å². The van der Waals surface area contributed by atoms with Crippen LogP contribution in [0.25, 0.3) is 0 Å². The van der Waals surface area contributed by atoms with Gasteiger partial charge in [-0.1, -0.05) is 52.6 Å². The van der Waals surface area contributed by atoms with Gasteiger partial charge in [-0.2, -0.15) is 0 Å². The Morgan fingerprint density at radius 3 is 2.62 bits per heavy atom. The maximum Gasteiger partial charge on any atom is 0.220 e. The van der Waals surface area contributed by atoms with E-state index in [1.165, 1.54) is 18.7 Å². The van der Waals surface area contributed by atoms with Crippen LogP contribution >= 0.6 is 46.6 Å². The number of thioether (sulfide) groups is 1. The third-order valence-corrected chi connectivity index (χ3v) is 3.74. The number of aromatic nitrogens is 1. The number of nitrogens with zero attached hydrogens (tertiary/aromatic N) is 1. The molecule has 0 spiro atoms. The molecule has 1 amide bonds. The van der Waals surface area contributed by atoms with Crippen molar-refractivity contribution in [3.63, 3.8) is 0 Å². The minimum absolute atomic E-state index is 0.264. The van der Waals surface area contributed by atoms with Gasteiger partial charge < -0.3 is 5.32 Å². The van der Waals surface area contributed by atoms with Crippen molar-refractivity contribution in [2.45, 2.75) is 21.1 Å². The Balaban J connectivity index is 2.75. The van der Waals surface area contributed by atoms with Crippen LogP contribution < -0.4 is 5.32 Å². The van der Waals surface area contributed by atoms with Gasteiger partial charge in [-0.25, -0.2) is 4.98 Å². The van der Waals surface area contributed by atoms with Gasteiger partial charge in [0.2, 0.25) is 9.70 Å². The minimum atomic E-state index is -1.59. The number of halogens is 3. The van der Waals surface area contributed by atoms with Gasteiger partial charge in [-0.05, 0) is 12.1 Å². The van der Waals surface area contributed by atoms with E-state index in [0.29, 0.717) is 5.03 Å². The van der Waals surface area contributed by atoms with E-state index in [4.69, 9.17) is 34.8 Å². The summed E-state index contributed by atoms with van der Waals surface area (Å²) < 4.78 is -1.59. The van der Waals surface area contributed by atoms with E-state index >= 15 is 0 Å². The number of hydrogen-bond acceptors (Lipinski definition) is 3. The summed E-state index contributed by atoms with van der Waals surface area (Å²) in [4.78, 5) is 15.0. The molecule has 1 unspecified atom stereocenters. The molecule has 1 heterocycles. The molecule has 1 rings (SSSR count). The molecule has 0 radical (unpaired) electrons. The smallest absolute Gasteiger partial charge is 0.220 e. The zero-order valence-electron chi connectivity index (χ0n) is 8.28. The molecular formula is C9H9Cl3N2OS. The lowest BCUT2D eigenvalue weighted by atomic mass is 10.5. The normalized spacial score (nSPS) is 13.2. The Hall–Kier alpha value is -0.160. The second-order valence-electron chi connectivity index (χ2n) is 2.91.